The van der Waals surface area contributed by atoms with Crippen LogP contribution in [-0.2, 0) is 0 Å². The average molecular weight is 277 g/mol. The third-order valence-corrected chi connectivity index (χ3v) is 3.05. The van der Waals surface area contributed by atoms with E-state index in [1.807, 2.05) is 24.3 Å². The van der Waals surface area contributed by atoms with Gasteiger partial charge in [-0.2, -0.15) is 5.26 Å². The Bertz CT molecular complexity index is 790. The van der Waals surface area contributed by atoms with Gasteiger partial charge >= 0.3 is 0 Å². The highest BCUT2D eigenvalue weighted by Crippen LogP contribution is 2.32. The second-order valence-corrected chi connectivity index (χ2v) is 4.28. The lowest BCUT2D eigenvalue weighted by atomic mass is 10.0. The van der Waals surface area contributed by atoms with Crippen LogP contribution in [0.3, 0.4) is 0 Å². The Hall–Kier alpha value is -3.13. The van der Waals surface area contributed by atoms with Crippen molar-refractivity contribution in [3.8, 4) is 34.5 Å². The Morgan fingerprint density at radius 3 is 2.76 bits per heavy atom. The van der Waals surface area contributed by atoms with Crippen LogP contribution >= 0.6 is 0 Å². The molecule has 0 saturated heterocycles. The minimum absolute atomic E-state index is 0.275. The normalized spacial score (nSPS) is 10.1. The molecule has 0 fully saturated rings. The van der Waals surface area contributed by atoms with E-state index in [-0.39, 0.29) is 5.88 Å². The van der Waals surface area contributed by atoms with Gasteiger partial charge in [-0.15, -0.1) is 0 Å². The molecule has 0 atom stereocenters. The summed E-state index contributed by atoms with van der Waals surface area (Å²) in [5.74, 6) is 0.275. The Balaban J connectivity index is 2.26. The molecule has 0 amide bonds. The zero-order valence-corrected chi connectivity index (χ0v) is 11.3. The van der Waals surface area contributed by atoms with Crippen molar-refractivity contribution in [2.75, 3.05) is 7.11 Å². The van der Waals surface area contributed by atoms with Crippen LogP contribution in [0.5, 0.6) is 5.88 Å². The number of nitrogens with zero attached hydrogens (tertiary/aromatic N) is 3. The number of methoxy groups -OCH3 is 1. The third-order valence-electron chi connectivity index (χ3n) is 3.05. The highest BCUT2D eigenvalue weighted by molar-refractivity contribution is 5.76. The molecule has 3 aromatic heterocycles. The van der Waals surface area contributed by atoms with E-state index in [2.05, 4.69) is 16.0 Å². The zero-order chi connectivity index (χ0) is 14.7. The zero-order valence-electron chi connectivity index (χ0n) is 11.3. The summed E-state index contributed by atoms with van der Waals surface area (Å²) in [6.07, 6.45) is 4.83. The first-order valence-electron chi connectivity index (χ1n) is 6.26. The van der Waals surface area contributed by atoms with Crippen molar-refractivity contribution in [1.29, 1.82) is 5.26 Å². The fraction of sp³-hybridized carbons (Fsp3) is 0.0625. The van der Waals surface area contributed by atoms with E-state index in [0.29, 0.717) is 22.5 Å². The third kappa shape index (κ3) is 2.35. The fourth-order valence-corrected chi connectivity index (χ4v) is 2.07. The van der Waals surface area contributed by atoms with Crippen molar-refractivity contribution >= 4 is 0 Å². The van der Waals surface area contributed by atoms with Gasteiger partial charge in [0.05, 0.1) is 31.0 Å². The summed E-state index contributed by atoms with van der Waals surface area (Å²) in [6.45, 7) is 0. The smallest absolute Gasteiger partial charge is 0.232 e. The topological polar surface area (TPSA) is 71.9 Å². The summed E-state index contributed by atoms with van der Waals surface area (Å²) in [5.41, 5.74) is 3.23. The van der Waals surface area contributed by atoms with Gasteiger partial charge < -0.3 is 9.15 Å². The minimum atomic E-state index is 0.275. The van der Waals surface area contributed by atoms with Crippen LogP contribution in [0, 0.1) is 11.3 Å². The van der Waals surface area contributed by atoms with Crippen LogP contribution in [0.2, 0.25) is 0 Å². The van der Waals surface area contributed by atoms with E-state index in [1.165, 1.54) is 7.11 Å². The number of hydrogen-bond donors (Lipinski definition) is 0. The Morgan fingerprint density at radius 2 is 2.14 bits per heavy atom. The van der Waals surface area contributed by atoms with Gasteiger partial charge in [-0.1, -0.05) is 6.07 Å². The fourth-order valence-electron chi connectivity index (χ4n) is 2.07. The molecule has 3 rings (SSSR count). The molecule has 0 N–H and O–H groups in total. The quantitative estimate of drug-likeness (QED) is 0.734. The highest BCUT2D eigenvalue weighted by atomic mass is 16.5. The average Bonchev–Trinajstić information content (AvgIpc) is 3.08. The second kappa shape index (κ2) is 5.47. The molecule has 0 aromatic carbocycles. The van der Waals surface area contributed by atoms with Crippen LogP contribution in [0.1, 0.15) is 5.56 Å². The first-order valence-corrected chi connectivity index (χ1v) is 6.26. The maximum atomic E-state index is 9.37. The van der Waals surface area contributed by atoms with Gasteiger partial charge in [0.15, 0.2) is 0 Å². The van der Waals surface area contributed by atoms with Crippen molar-refractivity contribution < 1.29 is 9.15 Å². The highest BCUT2D eigenvalue weighted by Gasteiger charge is 2.16. The SMILES string of the molecule is COc1nc(-c2ccccn2)cc(-c2ccoc2)c1C#N. The molecule has 0 aliphatic carbocycles. The number of furan rings is 1. The first-order chi connectivity index (χ1) is 10.3. The first kappa shape index (κ1) is 12.9. The molecule has 0 saturated carbocycles. The van der Waals surface area contributed by atoms with Gasteiger partial charge in [0.25, 0.3) is 0 Å². The Kier molecular flexibility index (Phi) is 3.36. The maximum absolute atomic E-state index is 9.37. The van der Waals surface area contributed by atoms with E-state index in [0.717, 1.165) is 5.56 Å². The van der Waals surface area contributed by atoms with E-state index < -0.39 is 0 Å². The number of pyridine rings is 2. The van der Waals surface area contributed by atoms with Crippen LogP contribution in [0.4, 0.5) is 0 Å². The molecule has 0 aliphatic heterocycles. The lowest BCUT2D eigenvalue weighted by Gasteiger charge is -2.09. The molecule has 0 unspecified atom stereocenters. The Morgan fingerprint density at radius 1 is 1.24 bits per heavy atom. The van der Waals surface area contributed by atoms with Gasteiger partial charge in [0.1, 0.15) is 11.6 Å². The number of aromatic nitrogens is 2. The lowest BCUT2D eigenvalue weighted by Crippen LogP contribution is -1.98. The summed E-state index contributed by atoms with van der Waals surface area (Å²) >= 11 is 0. The van der Waals surface area contributed by atoms with Crippen molar-refractivity contribution in [3.05, 3.63) is 54.6 Å². The summed E-state index contributed by atoms with van der Waals surface area (Å²) in [7, 11) is 1.49. The van der Waals surface area contributed by atoms with Gasteiger partial charge in [-0.3, -0.25) is 4.98 Å². The second-order valence-electron chi connectivity index (χ2n) is 4.28. The van der Waals surface area contributed by atoms with Gasteiger partial charge in [0.2, 0.25) is 5.88 Å². The largest absolute Gasteiger partial charge is 0.480 e. The number of hydrogen-bond acceptors (Lipinski definition) is 5. The van der Waals surface area contributed by atoms with Crippen LogP contribution in [0.15, 0.2) is 53.5 Å². The molecule has 3 aromatic rings. The lowest BCUT2D eigenvalue weighted by molar-refractivity contribution is 0.397. The molecule has 5 nitrogen and oxygen atoms in total. The van der Waals surface area contributed by atoms with Gasteiger partial charge in [-0.05, 0) is 24.3 Å². The summed E-state index contributed by atoms with van der Waals surface area (Å²) < 4.78 is 10.3. The molecule has 3 heterocycles. The monoisotopic (exact) mass is 277 g/mol. The summed E-state index contributed by atoms with van der Waals surface area (Å²) in [5, 5.41) is 9.37. The molecule has 0 radical (unpaired) electrons. The molecule has 102 valence electrons. The standard InChI is InChI=1S/C16H11N3O2/c1-20-16-13(9-17)12(11-5-7-21-10-11)8-15(19-16)14-4-2-3-6-18-14/h2-8,10H,1H3. The molecule has 0 spiro atoms. The molecule has 21 heavy (non-hydrogen) atoms. The van der Waals surface area contributed by atoms with Gasteiger partial charge in [-0.25, -0.2) is 4.98 Å². The molecule has 0 aliphatic rings. The van der Waals surface area contributed by atoms with Crippen molar-refractivity contribution in [2.24, 2.45) is 0 Å². The van der Waals surface area contributed by atoms with E-state index in [4.69, 9.17) is 9.15 Å². The maximum Gasteiger partial charge on any atom is 0.232 e. The van der Waals surface area contributed by atoms with Crippen LogP contribution in [-0.4, -0.2) is 17.1 Å². The van der Waals surface area contributed by atoms with E-state index in [1.54, 1.807) is 24.8 Å². The molecular weight excluding hydrogens is 266 g/mol. The van der Waals surface area contributed by atoms with Crippen LogP contribution in [0.25, 0.3) is 22.5 Å². The van der Waals surface area contributed by atoms with E-state index >= 15 is 0 Å². The molecular formula is C16H11N3O2. The summed E-state index contributed by atoms with van der Waals surface area (Å²) in [6, 6.07) is 11.3. The predicted molar refractivity (Wildman–Crippen MR) is 76.4 cm³/mol. The van der Waals surface area contributed by atoms with Crippen molar-refractivity contribution in [3.63, 3.8) is 0 Å². The number of ether oxygens (including phenoxy) is 1. The summed E-state index contributed by atoms with van der Waals surface area (Å²) in [4.78, 5) is 8.64. The van der Waals surface area contributed by atoms with Gasteiger partial charge in [0, 0.05) is 17.3 Å². The Labute approximate surface area is 121 Å². The predicted octanol–water partition coefficient (Wildman–Crippen LogP) is 3.28. The van der Waals surface area contributed by atoms with Crippen LogP contribution < -0.4 is 4.74 Å². The number of rotatable bonds is 3. The molecule has 5 heteroatoms. The number of nitriles is 1. The van der Waals surface area contributed by atoms with Crippen molar-refractivity contribution in [1.82, 2.24) is 9.97 Å². The van der Waals surface area contributed by atoms with E-state index in [9.17, 15) is 5.26 Å². The van der Waals surface area contributed by atoms with Crippen molar-refractivity contribution in [2.45, 2.75) is 0 Å². The minimum Gasteiger partial charge on any atom is -0.480 e. The molecule has 0 bridgehead atoms.